The molecular formula is C14H13FN4O3. The van der Waals surface area contributed by atoms with E-state index in [1.165, 1.54) is 36.6 Å². The highest BCUT2D eigenvalue weighted by molar-refractivity contribution is 5.84. The number of aromatic hydroxyl groups is 1. The first kappa shape index (κ1) is 14.1. The standard InChI is InChI=1S/C14H13FN4O3/c1-22-10-2-9(5-16-6-10)8-3-11(15)14(12(20)4-8)19-7-13(21)17-18-19/h2-6,18,20H,7H2,1H3,(H,17,21). The lowest BCUT2D eigenvalue weighted by Crippen LogP contribution is -2.36. The molecule has 1 aliphatic heterocycles. The minimum Gasteiger partial charge on any atom is -0.506 e. The average Bonchev–Trinajstić information content (AvgIpc) is 2.92. The Hall–Kier alpha value is -2.87. The van der Waals surface area contributed by atoms with Gasteiger partial charge in [0, 0.05) is 11.8 Å². The van der Waals surface area contributed by atoms with Gasteiger partial charge in [-0.1, -0.05) is 0 Å². The van der Waals surface area contributed by atoms with Crippen molar-refractivity contribution < 1.29 is 19.0 Å². The van der Waals surface area contributed by atoms with Crippen LogP contribution in [0.4, 0.5) is 10.1 Å². The zero-order valence-corrected chi connectivity index (χ0v) is 11.6. The van der Waals surface area contributed by atoms with Gasteiger partial charge in [-0.2, -0.15) is 0 Å². The summed E-state index contributed by atoms with van der Waals surface area (Å²) in [6.07, 6.45) is 3.06. The van der Waals surface area contributed by atoms with Gasteiger partial charge in [0.05, 0.1) is 13.3 Å². The van der Waals surface area contributed by atoms with Crippen LogP contribution < -0.4 is 20.7 Å². The van der Waals surface area contributed by atoms with Crippen molar-refractivity contribution >= 4 is 11.6 Å². The third kappa shape index (κ3) is 2.51. The molecular weight excluding hydrogens is 291 g/mol. The van der Waals surface area contributed by atoms with Crippen LogP contribution in [0.2, 0.25) is 0 Å². The lowest BCUT2D eigenvalue weighted by atomic mass is 10.1. The Labute approximate surface area is 125 Å². The second kappa shape index (κ2) is 5.49. The lowest BCUT2D eigenvalue weighted by molar-refractivity contribution is -0.118. The number of nitrogens with one attached hydrogen (secondary N) is 2. The molecule has 2 heterocycles. The van der Waals surface area contributed by atoms with E-state index in [1.807, 2.05) is 0 Å². The number of phenolic OH excluding ortho intramolecular Hbond substituents is 1. The fraction of sp³-hybridized carbons (Fsp3) is 0.143. The number of benzene rings is 1. The summed E-state index contributed by atoms with van der Waals surface area (Å²) in [4.78, 5) is 15.2. The van der Waals surface area contributed by atoms with Crippen molar-refractivity contribution in [3.8, 4) is 22.6 Å². The van der Waals surface area contributed by atoms with E-state index < -0.39 is 5.82 Å². The monoisotopic (exact) mass is 304 g/mol. The molecule has 8 heteroatoms. The number of rotatable bonds is 3. The Kier molecular flexibility index (Phi) is 3.51. The van der Waals surface area contributed by atoms with Gasteiger partial charge >= 0.3 is 0 Å². The second-order valence-corrected chi connectivity index (χ2v) is 4.69. The first-order chi connectivity index (χ1) is 10.6. The topological polar surface area (TPSA) is 86.7 Å². The van der Waals surface area contributed by atoms with E-state index in [4.69, 9.17) is 4.74 Å². The molecule has 1 aromatic heterocycles. The van der Waals surface area contributed by atoms with E-state index >= 15 is 0 Å². The molecule has 22 heavy (non-hydrogen) atoms. The van der Waals surface area contributed by atoms with Crippen molar-refractivity contribution in [1.82, 2.24) is 15.9 Å². The van der Waals surface area contributed by atoms with Gasteiger partial charge in [0.2, 0.25) is 0 Å². The minimum atomic E-state index is -0.665. The number of pyridine rings is 1. The number of aromatic nitrogens is 1. The summed E-state index contributed by atoms with van der Waals surface area (Å²) in [7, 11) is 1.50. The smallest absolute Gasteiger partial charge is 0.256 e. The number of hydrogen-bond acceptors (Lipinski definition) is 6. The molecule has 0 spiro atoms. The summed E-state index contributed by atoms with van der Waals surface area (Å²) >= 11 is 0. The van der Waals surface area contributed by atoms with Crippen molar-refractivity contribution in [2.75, 3.05) is 18.7 Å². The number of amides is 1. The van der Waals surface area contributed by atoms with Gasteiger partial charge in [-0.05, 0) is 23.8 Å². The highest BCUT2D eigenvalue weighted by atomic mass is 19.1. The molecule has 0 radical (unpaired) electrons. The molecule has 3 rings (SSSR count). The number of phenols is 1. The number of hydrogen-bond donors (Lipinski definition) is 3. The predicted molar refractivity (Wildman–Crippen MR) is 76.5 cm³/mol. The molecule has 114 valence electrons. The molecule has 3 N–H and O–H groups in total. The van der Waals surface area contributed by atoms with Crippen LogP contribution in [-0.2, 0) is 4.79 Å². The number of anilines is 1. The van der Waals surface area contributed by atoms with Gasteiger partial charge in [0.15, 0.2) is 5.82 Å². The minimum absolute atomic E-state index is 0.0927. The van der Waals surface area contributed by atoms with Gasteiger partial charge in [0.1, 0.15) is 23.7 Å². The SMILES string of the molecule is COc1cncc(-c2cc(O)c(N3CC(=O)NN3)c(F)c2)c1. The maximum atomic E-state index is 14.3. The first-order valence-electron chi connectivity index (χ1n) is 6.42. The maximum absolute atomic E-state index is 14.3. The summed E-state index contributed by atoms with van der Waals surface area (Å²) in [6.45, 7) is -0.0927. The number of hydrazine groups is 2. The number of nitrogens with zero attached hydrogens (tertiary/aromatic N) is 2. The number of ether oxygens (including phenoxy) is 1. The second-order valence-electron chi connectivity index (χ2n) is 4.69. The van der Waals surface area contributed by atoms with E-state index in [1.54, 1.807) is 6.07 Å². The fourth-order valence-corrected chi connectivity index (χ4v) is 2.19. The number of halogens is 1. The largest absolute Gasteiger partial charge is 0.506 e. The zero-order chi connectivity index (χ0) is 15.7. The highest BCUT2D eigenvalue weighted by Crippen LogP contribution is 2.35. The van der Waals surface area contributed by atoms with Crippen LogP contribution in [0, 0.1) is 5.82 Å². The third-order valence-corrected chi connectivity index (χ3v) is 3.23. The van der Waals surface area contributed by atoms with Gasteiger partial charge in [0.25, 0.3) is 5.91 Å². The molecule has 0 atom stereocenters. The first-order valence-corrected chi connectivity index (χ1v) is 6.42. The van der Waals surface area contributed by atoms with Crippen LogP contribution in [0.3, 0.4) is 0 Å². The lowest BCUT2D eigenvalue weighted by Gasteiger charge is -2.18. The van der Waals surface area contributed by atoms with Crippen molar-refractivity contribution in [3.63, 3.8) is 0 Å². The van der Waals surface area contributed by atoms with Crippen LogP contribution >= 0.6 is 0 Å². The Balaban J connectivity index is 2.00. The predicted octanol–water partition coefficient (Wildman–Crippen LogP) is 0.958. The van der Waals surface area contributed by atoms with Crippen LogP contribution in [-0.4, -0.2) is 29.7 Å². The molecule has 2 aromatic rings. The number of carbonyl (C=O) groups excluding carboxylic acids is 1. The van der Waals surface area contributed by atoms with E-state index in [2.05, 4.69) is 15.9 Å². The molecule has 0 bridgehead atoms. The summed E-state index contributed by atoms with van der Waals surface area (Å²) in [6, 6.07) is 4.34. The molecule has 0 unspecified atom stereocenters. The average molecular weight is 304 g/mol. The summed E-state index contributed by atoms with van der Waals surface area (Å²) in [5.41, 5.74) is 5.75. The number of carbonyl (C=O) groups is 1. The highest BCUT2D eigenvalue weighted by Gasteiger charge is 2.25. The van der Waals surface area contributed by atoms with Gasteiger partial charge in [-0.15, -0.1) is 5.53 Å². The van der Waals surface area contributed by atoms with Gasteiger partial charge in [-0.3, -0.25) is 20.2 Å². The van der Waals surface area contributed by atoms with E-state index in [-0.39, 0.29) is 23.9 Å². The van der Waals surface area contributed by atoms with Crippen molar-refractivity contribution in [3.05, 3.63) is 36.4 Å². The Morgan fingerprint density at radius 2 is 2.14 bits per heavy atom. The number of methoxy groups -OCH3 is 1. The molecule has 1 amide bonds. The van der Waals surface area contributed by atoms with Crippen LogP contribution in [0.1, 0.15) is 0 Å². The van der Waals surface area contributed by atoms with Crippen molar-refractivity contribution in [2.24, 2.45) is 0 Å². The molecule has 0 saturated carbocycles. The summed E-state index contributed by atoms with van der Waals surface area (Å²) < 4.78 is 19.4. The van der Waals surface area contributed by atoms with E-state index in [9.17, 15) is 14.3 Å². The molecule has 1 aromatic carbocycles. The summed E-state index contributed by atoms with van der Waals surface area (Å²) in [5.74, 6) is -0.749. The zero-order valence-electron chi connectivity index (χ0n) is 11.6. The Morgan fingerprint density at radius 1 is 1.32 bits per heavy atom. The van der Waals surface area contributed by atoms with Gasteiger partial charge < -0.3 is 9.84 Å². The normalized spacial score (nSPS) is 14.1. The quantitative estimate of drug-likeness (QED) is 0.783. The molecule has 1 aliphatic rings. The molecule has 1 saturated heterocycles. The summed E-state index contributed by atoms with van der Waals surface area (Å²) in [5, 5.41) is 11.3. The molecule has 0 aliphatic carbocycles. The Morgan fingerprint density at radius 3 is 2.77 bits per heavy atom. The van der Waals surface area contributed by atoms with Crippen molar-refractivity contribution in [1.29, 1.82) is 0 Å². The van der Waals surface area contributed by atoms with Crippen LogP contribution in [0.5, 0.6) is 11.5 Å². The Bertz CT molecular complexity index is 715. The van der Waals surface area contributed by atoms with E-state index in [0.29, 0.717) is 16.9 Å². The van der Waals surface area contributed by atoms with Crippen LogP contribution in [0.25, 0.3) is 11.1 Å². The maximum Gasteiger partial charge on any atom is 0.256 e. The van der Waals surface area contributed by atoms with Crippen LogP contribution in [0.15, 0.2) is 30.6 Å². The van der Waals surface area contributed by atoms with E-state index in [0.717, 1.165) is 0 Å². The molecule has 7 nitrogen and oxygen atoms in total. The van der Waals surface area contributed by atoms with Gasteiger partial charge in [-0.25, -0.2) is 4.39 Å². The third-order valence-electron chi connectivity index (χ3n) is 3.23. The fourth-order valence-electron chi connectivity index (χ4n) is 2.19. The molecule has 1 fully saturated rings. The van der Waals surface area contributed by atoms with Crippen molar-refractivity contribution in [2.45, 2.75) is 0 Å².